The summed E-state index contributed by atoms with van der Waals surface area (Å²) >= 11 is 0. The minimum Gasteiger partial charge on any atom is -0.382 e. The molecule has 1 aliphatic rings. The number of nitrogen functional groups attached to an aromatic ring is 1. The topological polar surface area (TPSA) is 121 Å². The van der Waals surface area contributed by atoms with Crippen molar-refractivity contribution in [3.63, 3.8) is 0 Å². The van der Waals surface area contributed by atoms with Crippen LogP contribution in [0.25, 0.3) is 22.4 Å². The second kappa shape index (κ2) is 9.70. The highest BCUT2D eigenvalue weighted by Gasteiger charge is 2.34. The van der Waals surface area contributed by atoms with Crippen LogP contribution in [0.2, 0.25) is 0 Å². The minimum absolute atomic E-state index is 0.256. The van der Waals surface area contributed by atoms with Gasteiger partial charge in [0.05, 0.1) is 42.6 Å². The number of pyridine rings is 1. The second-order valence-electron chi connectivity index (χ2n) is 8.97. The number of anilines is 2. The Kier molecular flexibility index (Phi) is 6.46. The first-order valence-corrected chi connectivity index (χ1v) is 11.4. The van der Waals surface area contributed by atoms with E-state index < -0.39 is 12.2 Å². The van der Waals surface area contributed by atoms with E-state index >= 15 is 0 Å². The minimum atomic E-state index is -2.88. The van der Waals surface area contributed by atoms with Gasteiger partial charge in [0.15, 0.2) is 11.5 Å². The summed E-state index contributed by atoms with van der Waals surface area (Å²) < 4.78 is 45.7. The summed E-state index contributed by atoms with van der Waals surface area (Å²) in [7, 11) is 0. The van der Waals surface area contributed by atoms with E-state index in [-0.39, 0.29) is 18.2 Å². The average molecular weight is 499 g/mol. The lowest BCUT2D eigenvalue weighted by atomic mass is 9.90. The van der Waals surface area contributed by atoms with Gasteiger partial charge in [-0.05, 0) is 36.6 Å². The Balaban J connectivity index is 1.53. The Labute approximate surface area is 204 Å². The van der Waals surface area contributed by atoms with E-state index in [1.165, 1.54) is 18.5 Å². The van der Waals surface area contributed by atoms with Crippen LogP contribution in [0.5, 0.6) is 0 Å². The molecule has 36 heavy (non-hydrogen) atoms. The summed E-state index contributed by atoms with van der Waals surface area (Å²) in [5.41, 5.74) is 15.3. The number of nitrogens with zero attached hydrogens (tertiary/aromatic N) is 6. The molecule has 5 rings (SSSR count). The van der Waals surface area contributed by atoms with E-state index in [1.807, 2.05) is 15.5 Å². The van der Waals surface area contributed by atoms with E-state index in [2.05, 4.69) is 24.7 Å². The molecule has 4 aromatic rings. The fourth-order valence-corrected chi connectivity index (χ4v) is 4.62. The van der Waals surface area contributed by atoms with Crippen molar-refractivity contribution < 1.29 is 17.9 Å². The molecular formula is C24H25F3N8O. The first-order valence-electron chi connectivity index (χ1n) is 11.4. The number of rotatable bonds is 7. The van der Waals surface area contributed by atoms with Gasteiger partial charge in [-0.15, -0.1) is 0 Å². The maximum atomic E-state index is 13.9. The molecular weight excluding hydrogens is 473 g/mol. The zero-order valence-electron chi connectivity index (χ0n) is 19.3. The van der Waals surface area contributed by atoms with Crippen molar-refractivity contribution in [1.29, 1.82) is 0 Å². The van der Waals surface area contributed by atoms with Gasteiger partial charge in [0.1, 0.15) is 17.7 Å². The summed E-state index contributed by atoms with van der Waals surface area (Å²) in [5.74, 6) is -0.0900. The summed E-state index contributed by atoms with van der Waals surface area (Å²) in [6, 6.07) is 8.07. The predicted octanol–water partition coefficient (Wildman–Crippen LogP) is 3.19. The number of fused-ring (bicyclic) bond motifs is 1. The predicted molar refractivity (Wildman–Crippen MR) is 129 cm³/mol. The third kappa shape index (κ3) is 4.95. The van der Waals surface area contributed by atoms with Gasteiger partial charge in [-0.2, -0.15) is 8.78 Å². The highest BCUT2D eigenvalue weighted by atomic mass is 19.3. The fourth-order valence-electron chi connectivity index (χ4n) is 4.62. The van der Waals surface area contributed by atoms with E-state index in [4.69, 9.17) is 11.5 Å². The molecule has 4 heterocycles. The molecule has 0 saturated carbocycles. The average Bonchev–Trinajstić information content (AvgIpc) is 3.27. The molecule has 0 bridgehead atoms. The zero-order chi connectivity index (χ0) is 25.3. The van der Waals surface area contributed by atoms with Gasteiger partial charge in [-0.3, -0.25) is 4.98 Å². The van der Waals surface area contributed by atoms with E-state index in [9.17, 15) is 13.2 Å². The molecule has 188 valence electrons. The molecule has 0 aliphatic carbocycles. The normalized spacial score (nSPS) is 18.3. The maximum Gasteiger partial charge on any atom is 0.345 e. The molecule has 1 aliphatic heterocycles. The quantitative estimate of drug-likeness (QED) is 0.399. The lowest BCUT2D eigenvalue weighted by Crippen LogP contribution is -2.57. The summed E-state index contributed by atoms with van der Waals surface area (Å²) in [4.78, 5) is 19.3. The Morgan fingerprint density at radius 1 is 1.14 bits per heavy atom. The van der Waals surface area contributed by atoms with Crippen molar-refractivity contribution in [3.8, 4) is 11.3 Å². The van der Waals surface area contributed by atoms with E-state index in [1.54, 1.807) is 24.7 Å². The Morgan fingerprint density at radius 3 is 2.81 bits per heavy atom. The molecule has 1 aromatic carbocycles. The number of hydrogen-bond donors (Lipinski definition) is 2. The van der Waals surface area contributed by atoms with Crippen molar-refractivity contribution in [2.75, 3.05) is 30.3 Å². The van der Waals surface area contributed by atoms with Gasteiger partial charge in [-0.25, -0.2) is 19.3 Å². The van der Waals surface area contributed by atoms with Crippen LogP contribution in [-0.4, -0.2) is 56.3 Å². The molecule has 0 amide bonds. The van der Waals surface area contributed by atoms with Crippen LogP contribution in [0.4, 0.5) is 24.7 Å². The summed E-state index contributed by atoms with van der Waals surface area (Å²) in [6.07, 6.45) is 5.96. The van der Waals surface area contributed by atoms with Crippen LogP contribution in [0.15, 0.2) is 49.2 Å². The molecule has 1 fully saturated rings. The van der Waals surface area contributed by atoms with Crippen molar-refractivity contribution in [3.05, 3.63) is 60.6 Å². The number of aromatic nitrogens is 5. The van der Waals surface area contributed by atoms with Crippen molar-refractivity contribution in [1.82, 2.24) is 24.5 Å². The summed E-state index contributed by atoms with van der Waals surface area (Å²) in [5, 5.41) is 0. The number of ether oxygens (including phenoxy) is 1. The van der Waals surface area contributed by atoms with Gasteiger partial charge >= 0.3 is 6.61 Å². The Bertz CT molecular complexity index is 1380. The number of imidazole rings is 1. The number of benzene rings is 1. The first kappa shape index (κ1) is 23.9. The van der Waals surface area contributed by atoms with Crippen LogP contribution in [-0.2, 0) is 11.3 Å². The van der Waals surface area contributed by atoms with Crippen molar-refractivity contribution >= 4 is 22.7 Å². The van der Waals surface area contributed by atoms with Crippen LogP contribution in [0.3, 0.4) is 0 Å². The Hall–Kier alpha value is -3.77. The third-order valence-corrected chi connectivity index (χ3v) is 6.30. The number of alkyl halides is 2. The Morgan fingerprint density at radius 2 is 2.00 bits per heavy atom. The maximum absolute atomic E-state index is 13.9. The van der Waals surface area contributed by atoms with Gasteiger partial charge < -0.3 is 25.7 Å². The van der Waals surface area contributed by atoms with Gasteiger partial charge in [0.25, 0.3) is 0 Å². The lowest BCUT2D eigenvalue weighted by molar-refractivity contribution is -0.141. The van der Waals surface area contributed by atoms with Crippen molar-refractivity contribution in [2.24, 2.45) is 5.73 Å². The van der Waals surface area contributed by atoms with Gasteiger partial charge in [0, 0.05) is 18.7 Å². The highest BCUT2D eigenvalue weighted by Crippen LogP contribution is 2.31. The molecule has 4 N–H and O–H groups in total. The molecule has 3 aromatic heterocycles. The van der Waals surface area contributed by atoms with E-state index in [0.717, 1.165) is 11.3 Å². The zero-order valence-corrected chi connectivity index (χ0v) is 19.3. The SMILES string of the molecule is Nc1ncnc2c1ncn2Cc1cc(-c2cccc(F)c2)ncc1N1CCC[C@](N)(COC(F)F)C1. The molecule has 0 spiro atoms. The second-order valence-corrected chi connectivity index (χ2v) is 8.97. The smallest absolute Gasteiger partial charge is 0.345 e. The van der Waals surface area contributed by atoms with Crippen molar-refractivity contribution in [2.45, 2.75) is 31.5 Å². The molecule has 0 radical (unpaired) electrons. The summed E-state index contributed by atoms with van der Waals surface area (Å²) in [6.45, 7) is -1.80. The van der Waals surface area contributed by atoms with Crippen LogP contribution < -0.4 is 16.4 Å². The molecule has 12 heteroatoms. The van der Waals surface area contributed by atoms with E-state index in [0.29, 0.717) is 54.9 Å². The molecule has 1 atom stereocenters. The van der Waals surface area contributed by atoms with Crippen LogP contribution >= 0.6 is 0 Å². The number of hydrogen-bond acceptors (Lipinski definition) is 8. The van der Waals surface area contributed by atoms with Gasteiger partial charge in [0.2, 0.25) is 0 Å². The first-order chi connectivity index (χ1) is 17.3. The third-order valence-electron chi connectivity index (χ3n) is 6.30. The largest absolute Gasteiger partial charge is 0.382 e. The van der Waals surface area contributed by atoms with Crippen LogP contribution in [0, 0.1) is 5.82 Å². The number of halogens is 3. The van der Waals surface area contributed by atoms with Gasteiger partial charge in [-0.1, -0.05) is 12.1 Å². The highest BCUT2D eigenvalue weighted by molar-refractivity contribution is 5.81. The standard InChI is InChI=1S/C24H25F3N8O/c25-17-4-1-3-15(7-17)18-8-16(10-35-14-33-20-21(28)31-13-32-22(20)35)19(9-30-18)34-6-2-5-24(29,11-34)12-36-23(26)27/h1,3-4,7-9,13-14,23H,2,5-6,10-12,29H2,(H2,28,31,32)/t24-/m1/s1. The monoisotopic (exact) mass is 498 g/mol. The lowest BCUT2D eigenvalue weighted by Gasteiger charge is -2.41. The molecule has 0 unspecified atom stereocenters. The van der Waals surface area contributed by atoms with Crippen LogP contribution in [0.1, 0.15) is 18.4 Å². The number of piperidine rings is 1. The molecule has 9 nitrogen and oxygen atoms in total. The fraction of sp³-hybridized carbons (Fsp3) is 0.333. The number of nitrogens with two attached hydrogens (primary N) is 2. The molecule has 1 saturated heterocycles.